The highest BCUT2D eigenvalue weighted by Gasteiger charge is 2.29. The summed E-state index contributed by atoms with van der Waals surface area (Å²) >= 11 is 1.39. The van der Waals surface area contributed by atoms with E-state index in [1.807, 2.05) is 36.4 Å². The van der Waals surface area contributed by atoms with Gasteiger partial charge in [-0.25, -0.2) is 0 Å². The molecule has 1 aliphatic rings. The molecule has 2 aromatic rings. The summed E-state index contributed by atoms with van der Waals surface area (Å²) in [6.45, 7) is 0.387. The number of rotatable bonds is 4. The lowest BCUT2D eigenvalue weighted by molar-refractivity contribution is -0.124. The van der Waals surface area contributed by atoms with E-state index in [9.17, 15) is 4.79 Å². The summed E-state index contributed by atoms with van der Waals surface area (Å²) in [6.07, 6.45) is 3.26. The summed E-state index contributed by atoms with van der Waals surface area (Å²) in [5, 5.41) is 8.80. The first-order valence-electron chi connectivity index (χ1n) is 6.44. The van der Waals surface area contributed by atoms with E-state index in [0.29, 0.717) is 17.5 Å². The molecule has 0 radical (unpaired) electrons. The van der Waals surface area contributed by atoms with Crippen LogP contribution < -0.4 is 0 Å². The average Bonchev–Trinajstić information content (AvgIpc) is 3.13. The Morgan fingerprint density at radius 3 is 2.86 bits per heavy atom. The molecule has 0 N–H and O–H groups in total. The molecule has 0 bridgehead atoms. The highest BCUT2D eigenvalue weighted by Crippen LogP contribution is 2.22. The molecule has 3 rings (SSSR count). The molecule has 0 saturated carbocycles. The van der Waals surface area contributed by atoms with Crippen molar-refractivity contribution in [3.05, 3.63) is 60.1 Å². The molecule has 6 heteroatoms. The summed E-state index contributed by atoms with van der Waals surface area (Å²) in [4.78, 5) is 13.5. The van der Waals surface area contributed by atoms with E-state index < -0.39 is 0 Å². The SMILES string of the molecule is O=C1CSC(=N/N=C/c2ccccc2)N1Cc1ccco1. The number of furan rings is 1. The van der Waals surface area contributed by atoms with E-state index in [-0.39, 0.29) is 5.91 Å². The fraction of sp³-hybridized carbons (Fsp3) is 0.133. The van der Waals surface area contributed by atoms with Crippen molar-refractivity contribution in [1.82, 2.24) is 4.90 Å². The van der Waals surface area contributed by atoms with Crippen LogP contribution in [-0.2, 0) is 11.3 Å². The third kappa shape index (κ3) is 3.41. The van der Waals surface area contributed by atoms with Crippen molar-refractivity contribution in [3.63, 3.8) is 0 Å². The van der Waals surface area contributed by atoms with Crippen molar-refractivity contribution >= 4 is 29.1 Å². The van der Waals surface area contributed by atoms with Gasteiger partial charge in [-0.15, -0.1) is 5.10 Å². The number of thioether (sulfide) groups is 1. The topological polar surface area (TPSA) is 58.2 Å². The van der Waals surface area contributed by atoms with Crippen LogP contribution in [0.25, 0.3) is 0 Å². The molecule has 106 valence electrons. The van der Waals surface area contributed by atoms with Crippen LogP contribution in [0, 0.1) is 0 Å². The molecule has 1 aromatic carbocycles. The monoisotopic (exact) mass is 299 g/mol. The van der Waals surface area contributed by atoms with Gasteiger partial charge in [0.2, 0.25) is 5.91 Å². The van der Waals surface area contributed by atoms with E-state index in [0.717, 1.165) is 11.3 Å². The van der Waals surface area contributed by atoms with E-state index in [1.165, 1.54) is 11.8 Å². The zero-order chi connectivity index (χ0) is 14.5. The summed E-state index contributed by atoms with van der Waals surface area (Å²) in [6, 6.07) is 13.3. The van der Waals surface area contributed by atoms with Gasteiger partial charge in [0.05, 0.1) is 24.8 Å². The summed E-state index contributed by atoms with van der Waals surface area (Å²) < 4.78 is 5.27. The summed E-state index contributed by atoms with van der Waals surface area (Å²) in [5.41, 5.74) is 0.966. The van der Waals surface area contributed by atoms with Crippen LogP contribution in [0.3, 0.4) is 0 Å². The van der Waals surface area contributed by atoms with Crippen molar-refractivity contribution < 1.29 is 9.21 Å². The minimum atomic E-state index is 0.0186. The van der Waals surface area contributed by atoms with Crippen LogP contribution in [0.2, 0.25) is 0 Å². The van der Waals surface area contributed by atoms with Crippen molar-refractivity contribution in [3.8, 4) is 0 Å². The highest BCUT2D eigenvalue weighted by molar-refractivity contribution is 8.15. The predicted octanol–water partition coefficient (Wildman–Crippen LogP) is 2.75. The van der Waals surface area contributed by atoms with Gasteiger partial charge in [0.1, 0.15) is 5.76 Å². The van der Waals surface area contributed by atoms with Crippen LogP contribution >= 0.6 is 11.8 Å². The number of carbonyl (C=O) groups excluding carboxylic acids is 1. The highest BCUT2D eigenvalue weighted by atomic mass is 32.2. The van der Waals surface area contributed by atoms with Crippen molar-refractivity contribution in [2.45, 2.75) is 6.54 Å². The van der Waals surface area contributed by atoms with Crippen LogP contribution in [-0.4, -0.2) is 27.9 Å². The second-order valence-corrected chi connectivity index (χ2v) is 5.33. The van der Waals surface area contributed by atoms with E-state index in [4.69, 9.17) is 4.42 Å². The largest absolute Gasteiger partial charge is 0.467 e. The Morgan fingerprint density at radius 2 is 2.10 bits per heavy atom. The molecular formula is C15H13N3O2S. The van der Waals surface area contributed by atoms with Gasteiger partial charge in [0.25, 0.3) is 0 Å². The molecule has 1 saturated heterocycles. The number of nitrogens with zero attached hydrogens (tertiary/aromatic N) is 3. The van der Waals surface area contributed by atoms with E-state index in [2.05, 4.69) is 10.2 Å². The van der Waals surface area contributed by atoms with E-state index >= 15 is 0 Å². The zero-order valence-electron chi connectivity index (χ0n) is 11.2. The van der Waals surface area contributed by atoms with Crippen LogP contribution in [0.1, 0.15) is 11.3 Å². The van der Waals surface area contributed by atoms with Crippen LogP contribution in [0.5, 0.6) is 0 Å². The van der Waals surface area contributed by atoms with Crippen molar-refractivity contribution in [2.24, 2.45) is 10.2 Å². The van der Waals surface area contributed by atoms with Gasteiger partial charge >= 0.3 is 0 Å². The molecule has 0 unspecified atom stereocenters. The first-order valence-corrected chi connectivity index (χ1v) is 7.43. The maximum Gasteiger partial charge on any atom is 0.239 e. The summed E-state index contributed by atoms with van der Waals surface area (Å²) in [5.74, 6) is 1.14. The Morgan fingerprint density at radius 1 is 1.24 bits per heavy atom. The number of amidine groups is 1. The second-order valence-electron chi connectivity index (χ2n) is 4.39. The lowest BCUT2D eigenvalue weighted by Crippen LogP contribution is -2.28. The first-order chi connectivity index (χ1) is 10.3. The van der Waals surface area contributed by atoms with Gasteiger partial charge in [-0.1, -0.05) is 42.1 Å². The Hall–Kier alpha value is -2.34. The first kappa shape index (κ1) is 13.6. The number of hydrogen-bond donors (Lipinski definition) is 0. The number of hydrogen-bond acceptors (Lipinski definition) is 5. The molecule has 0 atom stereocenters. The lowest BCUT2D eigenvalue weighted by Gasteiger charge is -2.12. The molecule has 1 amide bonds. The molecule has 5 nitrogen and oxygen atoms in total. The average molecular weight is 299 g/mol. The van der Waals surface area contributed by atoms with Gasteiger partial charge in [-0.05, 0) is 17.7 Å². The Kier molecular flexibility index (Phi) is 4.16. The van der Waals surface area contributed by atoms with Gasteiger partial charge in [0, 0.05) is 0 Å². The number of carbonyl (C=O) groups is 1. The van der Waals surface area contributed by atoms with Crippen molar-refractivity contribution in [1.29, 1.82) is 0 Å². The molecule has 2 heterocycles. The fourth-order valence-corrected chi connectivity index (χ4v) is 2.71. The Labute approximate surface area is 126 Å². The Balaban J connectivity index is 1.72. The molecule has 0 aliphatic carbocycles. The lowest BCUT2D eigenvalue weighted by atomic mass is 10.2. The predicted molar refractivity (Wildman–Crippen MR) is 83.2 cm³/mol. The summed E-state index contributed by atoms with van der Waals surface area (Å²) in [7, 11) is 0. The third-order valence-electron chi connectivity index (χ3n) is 2.90. The molecule has 1 aliphatic heterocycles. The molecule has 0 spiro atoms. The minimum Gasteiger partial charge on any atom is -0.467 e. The number of amides is 1. The maximum absolute atomic E-state index is 11.9. The van der Waals surface area contributed by atoms with Gasteiger partial charge in [-0.3, -0.25) is 9.69 Å². The fourth-order valence-electron chi connectivity index (χ4n) is 1.87. The van der Waals surface area contributed by atoms with Crippen molar-refractivity contribution in [2.75, 3.05) is 5.75 Å². The second kappa shape index (κ2) is 6.41. The smallest absolute Gasteiger partial charge is 0.239 e. The quantitative estimate of drug-likeness (QED) is 0.644. The minimum absolute atomic E-state index is 0.0186. The molecular weight excluding hydrogens is 286 g/mol. The van der Waals surface area contributed by atoms with Gasteiger partial charge in [-0.2, -0.15) is 5.10 Å². The molecule has 21 heavy (non-hydrogen) atoms. The third-order valence-corrected chi connectivity index (χ3v) is 3.85. The van der Waals surface area contributed by atoms with E-state index in [1.54, 1.807) is 23.4 Å². The van der Waals surface area contributed by atoms with Gasteiger partial charge in [0.15, 0.2) is 5.17 Å². The van der Waals surface area contributed by atoms with Crippen LogP contribution in [0.4, 0.5) is 0 Å². The normalized spacial score (nSPS) is 17.2. The standard InChI is InChI=1S/C15H13N3O2S/c19-14-11-21-15(18(14)10-13-7-4-8-20-13)17-16-9-12-5-2-1-3-6-12/h1-9H,10-11H2/b16-9+,17-15?. The maximum atomic E-state index is 11.9. The zero-order valence-corrected chi connectivity index (χ0v) is 12.0. The van der Waals surface area contributed by atoms with Crippen LogP contribution in [0.15, 0.2) is 63.3 Å². The molecule has 1 fully saturated rings. The number of benzene rings is 1. The molecule has 1 aromatic heterocycles. The van der Waals surface area contributed by atoms with Gasteiger partial charge < -0.3 is 4.42 Å². The Bertz CT molecular complexity index is 665.